The number of benzene rings is 1. The summed E-state index contributed by atoms with van der Waals surface area (Å²) < 4.78 is 0. The lowest BCUT2D eigenvalue weighted by Crippen LogP contribution is -2.31. The molecule has 3 nitrogen and oxygen atoms in total. The Morgan fingerprint density at radius 3 is 2.41 bits per heavy atom. The number of hydrogen-bond donors (Lipinski definition) is 1. The molecule has 1 aromatic rings. The van der Waals surface area contributed by atoms with Gasteiger partial charge < -0.3 is 5.11 Å². The molecule has 0 heterocycles. The van der Waals surface area contributed by atoms with Crippen molar-refractivity contribution in [3.63, 3.8) is 0 Å². The number of carbonyl (C=O) groups is 2. The average Bonchev–Trinajstić information content (AvgIpc) is 2.54. The van der Waals surface area contributed by atoms with Crippen LogP contribution in [0.15, 0.2) is 35.9 Å². The van der Waals surface area contributed by atoms with E-state index in [1.807, 2.05) is 0 Å². The highest BCUT2D eigenvalue weighted by molar-refractivity contribution is 5.98. The van der Waals surface area contributed by atoms with Crippen LogP contribution in [0, 0.1) is 5.41 Å². The van der Waals surface area contributed by atoms with Crippen molar-refractivity contribution in [3.8, 4) is 0 Å². The van der Waals surface area contributed by atoms with Crippen molar-refractivity contribution in [1.82, 2.24) is 0 Å². The summed E-state index contributed by atoms with van der Waals surface area (Å²) in [6.07, 6.45) is 11.1. The first-order valence-corrected chi connectivity index (χ1v) is 8.17. The zero-order chi connectivity index (χ0) is 15.6. The molecule has 0 amide bonds. The molecule has 1 N–H and O–H groups in total. The monoisotopic (exact) mass is 298 g/mol. The Morgan fingerprint density at radius 1 is 1.00 bits per heavy atom. The number of rotatable bonds is 4. The molecule has 1 saturated carbocycles. The third kappa shape index (κ3) is 2.85. The molecule has 3 heteroatoms. The molecule has 2 aliphatic carbocycles. The number of Topliss-reactive ketones (excluding diaryl/α,β-unsaturated/α-hetero) is 1. The number of ketones is 1. The van der Waals surface area contributed by atoms with Crippen LogP contribution in [-0.2, 0) is 0 Å². The van der Waals surface area contributed by atoms with E-state index < -0.39 is 5.97 Å². The van der Waals surface area contributed by atoms with E-state index in [2.05, 4.69) is 6.08 Å². The third-order valence-electron chi connectivity index (χ3n) is 5.24. The van der Waals surface area contributed by atoms with Gasteiger partial charge in [-0.3, -0.25) is 4.79 Å². The van der Waals surface area contributed by atoms with Gasteiger partial charge in [0.2, 0.25) is 0 Å². The van der Waals surface area contributed by atoms with Gasteiger partial charge in [0.15, 0.2) is 5.78 Å². The highest BCUT2D eigenvalue weighted by Gasteiger charge is 2.39. The predicted octanol–water partition coefficient (Wildman–Crippen LogP) is 4.63. The molecule has 0 spiro atoms. The molecule has 0 aliphatic heterocycles. The van der Waals surface area contributed by atoms with Gasteiger partial charge in [0.1, 0.15) is 0 Å². The van der Waals surface area contributed by atoms with Gasteiger partial charge in [-0.1, -0.05) is 30.2 Å². The van der Waals surface area contributed by atoms with Gasteiger partial charge in [-0.25, -0.2) is 4.79 Å². The van der Waals surface area contributed by atoms with E-state index in [1.165, 1.54) is 37.0 Å². The summed E-state index contributed by atoms with van der Waals surface area (Å²) in [5, 5.41) is 8.94. The van der Waals surface area contributed by atoms with E-state index in [0.29, 0.717) is 12.0 Å². The predicted molar refractivity (Wildman–Crippen MR) is 85.2 cm³/mol. The van der Waals surface area contributed by atoms with Gasteiger partial charge in [-0.2, -0.15) is 0 Å². The fraction of sp³-hybridized carbons (Fsp3) is 0.474. The molecule has 1 fully saturated rings. The summed E-state index contributed by atoms with van der Waals surface area (Å²) in [6, 6.07) is 6.34. The standard InChI is InChI=1S/C19H22O3/c20-17(14-7-9-15(10-8-14)18(21)22)13-19-11-3-1-5-16(19)6-2-4-12-19/h5,7-10H,1-4,6,11-13H2,(H,21,22). The fourth-order valence-corrected chi connectivity index (χ4v) is 4.02. The van der Waals surface area contributed by atoms with Crippen molar-refractivity contribution in [2.45, 2.75) is 51.4 Å². The van der Waals surface area contributed by atoms with E-state index >= 15 is 0 Å². The first-order valence-electron chi connectivity index (χ1n) is 8.17. The molecule has 116 valence electrons. The van der Waals surface area contributed by atoms with E-state index in [1.54, 1.807) is 12.1 Å². The van der Waals surface area contributed by atoms with E-state index in [-0.39, 0.29) is 16.8 Å². The summed E-state index contributed by atoms with van der Waals surface area (Å²) in [5.41, 5.74) is 2.44. The maximum Gasteiger partial charge on any atom is 0.335 e. The number of carboxylic acids is 1. The summed E-state index contributed by atoms with van der Waals surface area (Å²) in [4.78, 5) is 23.6. The number of allylic oxidation sites excluding steroid dienone is 2. The Balaban J connectivity index is 1.79. The van der Waals surface area contributed by atoms with Gasteiger partial charge in [-0.05, 0) is 56.1 Å². The number of carboxylic acid groups (broad SMARTS) is 1. The summed E-state index contributed by atoms with van der Waals surface area (Å²) in [7, 11) is 0. The summed E-state index contributed by atoms with van der Waals surface area (Å²) in [5.74, 6) is -0.811. The van der Waals surface area contributed by atoms with Gasteiger partial charge in [0.05, 0.1) is 5.56 Å². The van der Waals surface area contributed by atoms with Crippen LogP contribution in [0.1, 0.15) is 72.1 Å². The molecule has 0 saturated heterocycles. The smallest absolute Gasteiger partial charge is 0.335 e. The molecule has 1 aromatic carbocycles. The first kappa shape index (κ1) is 15.0. The summed E-state index contributed by atoms with van der Waals surface area (Å²) in [6.45, 7) is 0. The van der Waals surface area contributed by atoms with Gasteiger partial charge in [0, 0.05) is 12.0 Å². The minimum Gasteiger partial charge on any atom is -0.478 e. The molecule has 0 radical (unpaired) electrons. The van der Waals surface area contributed by atoms with Crippen molar-refractivity contribution in [3.05, 3.63) is 47.0 Å². The van der Waals surface area contributed by atoms with Crippen LogP contribution < -0.4 is 0 Å². The van der Waals surface area contributed by atoms with Gasteiger partial charge in [0.25, 0.3) is 0 Å². The lowest BCUT2D eigenvalue weighted by molar-refractivity contribution is 0.0696. The van der Waals surface area contributed by atoms with Gasteiger partial charge in [-0.15, -0.1) is 0 Å². The minimum atomic E-state index is -0.956. The van der Waals surface area contributed by atoms with Crippen LogP contribution in [0.5, 0.6) is 0 Å². The lowest BCUT2D eigenvalue weighted by atomic mass is 9.62. The Kier molecular flexibility index (Phi) is 4.14. The Morgan fingerprint density at radius 2 is 1.68 bits per heavy atom. The molecule has 1 atom stereocenters. The summed E-state index contributed by atoms with van der Waals surface area (Å²) >= 11 is 0. The second kappa shape index (κ2) is 6.07. The van der Waals surface area contributed by atoms with Crippen molar-refractivity contribution < 1.29 is 14.7 Å². The van der Waals surface area contributed by atoms with Gasteiger partial charge >= 0.3 is 5.97 Å². The molecular formula is C19H22O3. The van der Waals surface area contributed by atoms with Crippen LogP contribution in [0.4, 0.5) is 0 Å². The molecule has 2 aliphatic rings. The van der Waals surface area contributed by atoms with Crippen molar-refractivity contribution in [1.29, 1.82) is 0 Å². The average molecular weight is 298 g/mol. The lowest BCUT2D eigenvalue weighted by Gasteiger charge is -2.42. The second-order valence-electron chi connectivity index (χ2n) is 6.59. The molecule has 1 unspecified atom stereocenters. The van der Waals surface area contributed by atoms with E-state index in [0.717, 1.165) is 25.7 Å². The zero-order valence-electron chi connectivity index (χ0n) is 12.8. The minimum absolute atomic E-state index is 0.0824. The zero-order valence-corrected chi connectivity index (χ0v) is 12.8. The highest BCUT2D eigenvalue weighted by atomic mass is 16.4. The molecule has 0 bridgehead atoms. The Bertz CT molecular complexity index is 612. The second-order valence-corrected chi connectivity index (χ2v) is 6.59. The van der Waals surface area contributed by atoms with Crippen LogP contribution >= 0.6 is 0 Å². The topological polar surface area (TPSA) is 54.4 Å². The number of fused-ring (bicyclic) bond motifs is 1. The normalized spacial score (nSPS) is 24.3. The highest BCUT2D eigenvalue weighted by Crippen LogP contribution is 2.50. The Labute approximate surface area is 131 Å². The molecule has 22 heavy (non-hydrogen) atoms. The SMILES string of the molecule is O=C(O)c1ccc(C(=O)CC23CCCC=C2CCCC3)cc1. The number of carbonyl (C=O) groups excluding carboxylic acids is 1. The van der Waals surface area contributed by atoms with Crippen LogP contribution in [0.25, 0.3) is 0 Å². The van der Waals surface area contributed by atoms with Crippen molar-refractivity contribution in [2.75, 3.05) is 0 Å². The van der Waals surface area contributed by atoms with Crippen LogP contribution in [0.3, 0.4) is 0 Å². The quantitative estimate of drug-likeness (QED) is 0.651. The fourth-order valence-electron chi connectivity index (χ4n) is 4.02. The van der Waals surface area contributed by atoms with Crippen LogP contribution in [-0.4, -0.2) is 16.9 Å². The third-order valence-corrected chi connectivity index (χ3v) is 5.24. The first-order chi connectivity index (χ1) is 10.6. The van der Waals surface area contributed by atoms with Crippen molar-refractivity contribution in [2.24, 2.45) is 5.41 Å². The molecule has 0 aromatic heterocycles. The van der Waals surface area contributed by atoms with E-state index in [4.69, 9.17) is 5.11 Å². The maximum absolute atomic E-state index is 12.7. The van der Waals surface area contributed by atoms with E-state index in [9.17, 15) is 9.59 Å². The van der Waals surface area contributed by atoms with Crippen LogP contribution in [0.2, 0.25) is 0 Å². The van der Waals surface area contributed by atoms with Crippen molar-refractivity contribution >= 4 is 11.8 Å². The number of aromatic carboxylic acids is 1. The maximum atomic E-state index is 12.7. The number of hydrogen-bond acceptors (Lipinski definition) is 2. The largest absolute Gasteiger partial charge is 0.478 e. The Hall–Kier alpha value is -1.90. The molecular weight excluding hydrogens is 276 g/mol. The molecule has 3 rings (SSSR count).